The highest BCUT2D eigenvalue weighted by Crippen LogP contribution is 2.21. The Bertz CT molecular complexity index is 1060. The Labute approximate surface area is 203 Å². The van der Waals surface area contributed by atoms with Crippen LogP contribution in [0.25, 0.3) is 0 Å². The average Bonchev–Trinajstić information content (AvgIpc) is 3.36. The Hall–Kier alpha value is -3.40. The van der Waals surface area contributed by atoms with E-state index in [9.17, 15) is 9.59 Å². The molecular weight excluding hydrogens is 420 g/mol. The summed E-state index contributed by atoms with van der Waals surface area (Å²) in [5.74, 6) is -0.0847. The molecule has 1 aliphatic rings. The third kappa shape index (κ3) is 6.57. The second-order valence-corrected chi connectivity index (χ2v) is 9.37. The lowest BCUT2D eigenvalue weighted by Gasteiger charge is -2.32. The summed E-state index contributed by atoms with van der Waals surface area (Å²) in [6, 6.07) is 27.6. The molecule has 176 valence electrons. The molecule has 4 heteroatoms. The second kappa shape index (κ2) is 11.6. The van der Waals surface area contributed by atoms with Gasteiger partial charge in [0.2, 0.25) is 11.8 Å². The van der Waals surface area contributed by atoms with E-state index in [-0.39, 0.29) is 24.3 Å². The van der Waals surface area contributed by atoms with E-state index in [1.165, 1.54) is 5.56 Å². The fraction of sp³-hybridized carbons (Fsp3) is 0.333. The molecule has 1 saturated carbocycles. The van der Waals surface area contributed by atoms with Gasteiger partial charge in [-0.15, -0.1) is 0 Å². The predicted molar refractivity (Wildman–Crippen MR) is 136 cm³/mol. The molecule has 1 fully saturated rings. The van der Waals surface area contributed by atoms with Gasteiger partial charge in [0.05, 0.1) is 6.42 Å². The number of carbonyl (C=O) groups is 2. The van der Waals surface area contributed by atoms with Crippen LogP contribution in [0.1, 0.15) is 47.9 Å². The summed E-state index contributed by atoms with van der Waals surface area (Å²) in [7, 11) is 0. The van der Waals surface area contributed by atoms with E-state index in [4.69, 9.17) is 0 Å². The SMILES string of the molecule is Cc1ccc(CN(C(=O)Cc2ccccc2)C(Cc2ccccc2)C(=O)NC2CCCC2)cc1. The molecule has 4 nitrogen and oxygen atoms in total. The summed E-state index contributed by atoms with van der Waals surface area (Å²) >= 11 is 0. The molecule has 34 heavy (non-hydrogen) atoms. The van der Waals surface area contributed by atoms with Gasteiger partial charge in [0.1, 0.15) is 6.04 Å². The molecule has 1 N–H and O–H groups in total. The average molecular weight is 455 g/mol. The first-order valence-corrected chi connectivity index (χ1v) is 12.3. The van der Waals surface area contributed by atoms with Crippen LogP contribution < -0.4 is 5.32 Å². The maximum absolute atomic E-state index is 13.7. The van der Waals surface area contributed by atoms with Crippen LogP contribution in [0.2, 0.25) is 0 Å². The Morgan fingerprint density at radius 3 is 2.03 bits per heavy atom. The van der Waals surface area contributed by atoms with Crippen LogP contribution in [0.4, 0.5) is 0 Å². The summed E-state index contributed by atoms with van der Waals surface area (Å²) in [4.78, 5) is 29.1. The Balaban J connectivity index is 1.64. The van der Waals surface area contributed by atoms with Crippen molar-refractivity contribution in [3.8, 4) is 0 Å². The number of carbonyl (C=O) groups excluding carboxylic acids is 2. The molecule has 0 spiro atoms. The zero-order valence-corrected chi connectivity index (χ0v) is 20.0. The molecule has 0 bridgehead atoms. The highest BCUT2D eigenvalue weighted by atomic mass is 16.2. The van der Waals surface area contributed by atoms with Gasteiger partial charge in [0.15, 0.2) is 0 Å². The summed E-state index contributed by atoms with van der Waals surface area (Å²) in [5, 5.41) is 3.26. The largest absolute Gasteiger partial charge is 0.352 e. The lowest BCUT2D eigenvalue weighted by Crippen LogP contribution is -2.52. The summed E-state index contributed by atoms with van der Waals surface area (Å²) in [6.45, 7) is 2.46. The maximum atomic E-state index is 13.7. The van der Waals surface area contributed by atoms with E-state index in [2.05, 4.69) is 24.4 Å². The summed E-state index contributed by atoms with van der Waals surface area (Å²) in [5.41, 5.74) is 4.20. The lowest BCUT2D eigenvalue weighted by molar-refractivity contribution is -0.141. The number of nitrogens with one attached hydrogen (secondary N) is 1. The Morgan fingerprint density at radius 1 is 0.824 bits per heavy atom. The van der Waals surface area contributed by atoms with Crippen LogP contribution in [-0.4, -0.2) is 28.8 Å². The smallest absolute Gasteiger partial charge is 0.243 e. The van der Waals surface area contributed by atoms with E-state index in [0.29, 0.717) is 13.0 Å². The van der Waals surface area contributed by atoms with Gasteiger partial charge in [-0.1, -0.05) is 103 Å². The molecule has 3 aromatic rings. The van der Waals surface area contributed by atoms with Crippen LogP contribution in [-0.2, 0) is 29.0 Å². The highest BCUT2D eigenvalue weighted by Gasteiger charge is 2.32. The van der Waals surface area contributed by atoms with Crippen molar-refractivity contribution in [3.63, 3.8) is 0 Å². The number of nitrogens with zero attached hydrogens (tertiary/aromatic N) is 1. The van der Waals surface area contributed by atoms with Crippen LogP contribution in [0, 0.1) is 6.92 Å². The topological polar surface area (TPSA) is 49.4 Å². The van der Waals surface area contributed by atoms with Crippen LogP contribution in [0.5, 0.6) is 0 Å². The van der Waals surface area contributed by atoms with E-state index in [0.717, 1.165) is 42.4 Å². The molecule has 1 unspecified atom stereocenters. The fourth-order valence-electron chi connectivity index (χ4n) is 4.68. The quantitative estimate of drug-likeness (QED) is 0.481. The Kier molecular flexibility index (Phi) is 8.13. The number of hydrogen-bond donors (Lipinski definition) is 1. The van der Waals surface area contributed by atoms with E-state index in [1.807, 2.05) is 72.8 Å². The maximum Gasteiger partial charge on any atom is 0.243 e. The van der Waals surface area contributed by atoms with Crippen molar-refractivity contribution >= 4 is 11.8 Å². The van der Waals surface area contributed by atoms with Gasteiger partial charge in [-0.25, -0.2) is 0 Å². The lowest BCUT2D eigenvalue weighted by atomic mass is 10.0. The molecular formula is C30H34N2O2. The zero-order chi connectivity index (χ0) is 23.8. The normalized spacial score (nSPS) is 14.5. The van der Waals surface area contributed by atoms with Gasteiger partial charge >= 0.3 is 0 Å². The number of amides is 2. The first-order valence-electron chi connectivity index (χ1n) is 12.3. The van der Waals surface area contributed by atoms with Crippen LogP contribution >= 0.6 is 0 Å². The first-order chi connectivity index (χ1) is 16.6. The molecule has 4 rings (SSSR count). The minimum Gasteiger partial charge on any atom is -0.352 e. The molecule has 0 aromatic heterocycles. The Morgan fingerprint density at radius 2 is 1.41 bits per heavy atom. The molecule has 3 aromatic carbocycles. The van der Waals surface area contributed by atoms with Gasteiger partial charge in [0.25, 0.3) is 0 Å². The van der Waals surface area contributed by atoms with Crippen molar-refractivity contribution < 1.29 is 9.59 Å². The summed E-state index contributed by atoms with van der Waals surface area (Å²) in [6.07, 6.45) is 5.09. The molecule has 2 amide bonds. The van der Waals surface area contributed by atoms with Crippen molar-refractivity contribution in [1.29, 1.82) is 0 Å². The van der Waals surface area contributed by atoms with Crippen molar-refractivity contribution in [2.24, 2.45) is 0 Å². The standard InChI is InChI=1S/C30H34N2O2/c1-23-16-18-26(19-17-23)22-32(29(33)21-25-12-6-3-7-13-25)28(20-24-10-4-2-5-11-24)30(34)31-27-14-8-9-15-27/h2-7,10-13,16-19,27-28H,8-9,14-15,20-22H2,1H3,(H,31,34). The molecule has 1 aliphatic carbocycles. The monoisotopic (exact) mass is 454 g/mol. The van der Waals surface area contributed by atoms with Gasteiger partial charge in [-0.2, -0.15) is 0 Å². The second-order valence-electron chi connectivity index (χ2n) is 9.37. The van der Waals surface area contributed by atoms with Crippen molar-refractivity contribution in [1.82, 2.24) is 10.2 Å². The molecule has 0 radical (unpaired) electrons. The van der Waals surface area contributed by atoms with Crippen LogP contribution in [0.15, 0.2) is 84.9 Å². The number of benzene rings is 3. The van der Waals surface area contributed by atoms with Gasteiger partial charge in [-0.3, -0.25) is 9.59 Å². The van der Waals surface area contributed by atoms with Crippen molar-refractivity contribution in [3.05, 3.63) is 107 Å². The molecule has 0 aliphatic heterocycles. The van der Waals surface area contributed by atoms with Gasteiger partial charge in [-0.05, 0) is 36.5 Å². The van der Waals surface area contributed by atoms with E-state index >= 15 is 0 Å². The van der Waals surface area contributed by atoms with Crippen molar-refractivity contribution in [2.45, 2.75) is 64.1 Å². The molecule has 0 saturated heterocycles. The van der Waals surface area contributed by atoms with Gasteiger partial charge < -0.3 is 10.2 Å². The summed E-state index contributed by atoms with van der Waals surface area (Å²) < 4.78 is 0. The van der Waals surface area contributed by atoms with Gasteiger partial charge in [0, 0.05) is 19.0 Å². The minimum atomic E-state index is -0.569. The fourth-order valence-corrected chi connectivity index (χ4v) is 4.68. The number of aryl methyl sites for hydroxylation is 1. The first kappa shape index (κ1) is 23.7. The minimum absolute atomic E-state index is 0.0331. The van der Waals surface area contributed by atoms with E-state index < -0.39 is 6.04 Å². The highest BCUT2D eigenvalue weighted by molar-refractivity contribution is 5.89. The molecule has 1 atom stereocenters. The zero-order valence-electron chi connectivity index (χ0n) is 20.0. The predicted octanol–water partition coefficient (Wildman–Crippen LogP) is 5.24. The van der Waals surface area contributed by atoms with Crippen molar-refractivity contribution in [2.75, 3.05) is 0 Å². The number of rotatable bonds is 9. The molecule has 0 heterocycles. The van der Waals surface area contributed by atoms with Crippen LogP contribution in [0.3, 0.4) is 0 Å². The third-order valence-electron chi connectivity index (χ3n) is 6.64. The third-order valence-corrected chi connectivity index (χ3v) is 6.64. The number of hydrogen-bond acceptors (Lipinski definition) is 2. The van der Waals surface area contributed by atoms with E-state index in [1.54, 1.807) is 4.90 Å².